The molecule has 2 aromatic carbocycles. The van der Waals surface area contributed by atoms with Crippen molar-refractivity contribution >= 4 is 38.9 Å². The topological polar surface area (TPSA) is 44.7 Å². The molecule has 0 radical (unpaired) electrons. The number of rotatable bonds is 2. The van der Waals surface area contributed by atoms with Crippen LogP contribution in [0.15, 0.2) is 58.1 Å². The van der Waals surface area contributed by atoms with E-state index < -0.39 is 11.0 Å². The van der Waals surface area contributed by atoms with Crippen molar-refractivity contribution in [3.63, 3.8) is 0 Å². The van der Waals surface area contributed by atoms with Gasteiger partial charge in [-0.2, -0.15) is 10.1 Å². The van der Waals surface area contributed by atoms with E-state index in [1.807, 2.05) is 42.5 Å². The summed E-state index contributed by atoms with van der Waals surface area (Å²) >= 11 is 3.57. The van der Waals surface area contributed by atoms with Crippen molar-refractivity contribution in [1.82, 2.24) is 0 Å². The summed E-state index contributed by atoms with van der Waals surface area (Å²) in [5.74, 6) is 0.113. The molecule has 0 saturated heterocycles. The molecule has 0 aliphatic carbocycles. The minimum Gasteiger partial charge on any atom is -0.366 e. The van der Waals surface area contributed by atoms with Crippen molar-refractivity contribution in [2.45, 2.75) is 38.6 Å². The molecule has 1 atom stereocenters. The number of carbonyl (C=O) groups is 1. The third kappa shape index (κ3) is 2.13. The number of benzene rings is 2. The van der Waals surface area contributed by atoms with Crippen molar-refractivity contribution in [3.8, 4) is 0 Å². The molecule has 4 rings (SSSR count). The van der Waals surface area contributed by atoms with Crippen molar-refractivity contribution in [2.24, 2.45) is 11.0 Å². The van der Waals surface area contributed by atoms with Crippen LogP contribution in [0.4, 0.5) is 11.4 Å². The number of anilines is 2. The summed E-state index contributed by atoms with van der Waals surface area (Å²) in [6.45, 7) is 8.45. The van der Waals surface area contributed by atoms with Crippen LogP contribution in [0.25, 0.3) is 0 Å². The fraction of sp³-hybridized carbons (Fsp3) is 0.333. The molecular formula is C21H22BrN3O. The van der Waals surface area contributed by atoms with Gasteiger partial charge in [0.05, 0.1) is 11.4 Å². The molecule has 0 fully saturated rings. The second-order valence-corrected chi connectivity index (χ2v) is 8.70. The molecular weight excluding hydrogens is 390 g/mol. The van der Waals surface area contributed by atoms with Gasteiger partial charge < -0.3 is 5.32 Å². The van der Waals surface area contributed by atoms with Crippen LogP contribution in [0.2, 0.25) is 0 Å². The van der Waals surface area contributed by atoms with Gasteiger partial charge in [0, 0.05) is 15.6 Å². The zero-order valence-electron chi connectivity index (χ0n) is 15.4. The largest absolute Gasteiger partial charge is 0.366 e. The van der Waals surface area contributed by atoms with Crippen LogP contribution < -0.4 is 10.3 Å². The summed E-state index contributed by atoms with van der Waals surface area (Å²) < 4.78 is 1.01. The Hall–Kier alpha value is -2.14. The average Bonchev–Trinajstić information content (AvgIpc) is 3.03. The first kappa shape index (κ1) is 17.3. The van der Waals surface area contributed by atoms with E-state index in [0.29, 0.717) is 0 Å². The first-order valence-electron chi connectivity index (χ1n) is 8.86. The summed E-state index contributed by atoms with van der Waals surface area (Å²) in [5, 5.41) is 9.93. The average molecular weight is 412 g/mol. The number of hydrogen-bond acceptors (Lipinski definition) is 3. The Bertz CT molecular complexity index is 920. The van der Waals surface area contributed by atoms with Gasteiger partial charge in [-0.1, -0.05) is 61.8 Å². The SMILES string of the molecule is CC(C)C1=NN(c2ccccc2)C(=O)C12Nc1ccc(Br)cc1C2(C)C. The van der Waals surface area contributed by atoms with E-state index >= 15 is 0 Å². The van der Waals surface area contributed by atoms with Gasteiger partial charge in [-0.3, -0.25) is 4.79 Å². The molecule has 1 N–H and O–H groups in total. The maximum atomic E-state index is 13.8. The van der Waals surface area contributed by atoms with E-state index in [0.717, 1.165) is 27.1 Å². The Morgan fingerprint density at radius 2 is 1.81 bits per heavy atom. The van der Waals surface area contributed by atoms with Gasteiger partial charge >= 0.3 is 0 Å². The minimum atomic E-state index is -0.875. The van der Waals surface area contributed by atoms with Crippen molar-refractivity contribution in [2.75, 3.05) is 10.3 Å². The van der Waals surface area contributed by atoms with E-state index in [-0.39, 0.29) is 11.8 Å². The van der Waals surface area contributed by atoms with Crippen molar-refractivity contribution in [3.05, 3.63) is 58.6 Å². The van der Waals surface area contributed by atoms with E-state index in [1.54, 1.807) is 5.01 Å². The predicted molar refractivity (Wildman–Crippen MR) is 110 cm³/mol. The number of nitrogens with one attached hydrogen (secondary N) is 1. The second kappa shape index (κ2) is 5.68. The first-order valence-corrected chi connectivity index (χ1v) is 9.65. The molecule has 1 unspecified atom stereocenters. The molecule has 1 spiro atoms. The number of fused-ring (bicyclic) bond motifs is 1. The summed E-state index contributed by atoms with van der Waals surface area (Å²) in [5.41, 5.74) is 2.49. The number of nitrogens with zero attached hydrogens (tertiary/aromatic N) is 2. The van der Waals surface area contributed by atoms with Crippen LogP contribution in [0, 0.1) is 5.92 Å². The number of amides is 1. The Kier molecular flexibility index (Phi) is 3.77. The van der Waals surface area contributed by atoms with Crippen LogP contribution in [0.1, 0.15) is 33.3 Å². The Morgan fingerprint density at radius 3 is 2.46 bits per heavy atom. The number of hydrogen-bond donors (Lipinski definition) is 1. The van der Waals surface area contributed by atoms with Crippen LogP contribution in [-0.4, -0.2) is 17.2 Å². The monoisotopic (exact) mass is 411 g/mol. The molecule has 2 aliphatic rings. The molecule has 2 aliphatic heterocycles. The minimum absolute atomic E-state index is 0.0234. The zero-order chi connectivity index (χ0) is 18.7. The fourth-order valence-electron chi connectivity index (χ4n) is 4.20. The van der Waals surface area contributed by atoms with Gasteiger partial charge in [0.1, 0.15) is 0 Å². The lowest BCUT2D eigenvalue weighted by Gasteiger charge is -2.38. The van der Waals surface area contributed by atoms with Crippen molar-refractivity contribution in [1.29, 1.82) is 0 Å². The van der Waals surface area contributed by atoms with Crippen molar-refractivity contribution < 1.29 is 4.79 Å². The standard InChI is InChI=1S/C21H22BrN3O/c1-13(2)18-21(19(26)25(24-18)15-8-6-5-7-9-15)20(3,4)16-12-14(22)10-11-17(16)23-21/h5-13,23H,1-4H3. The van der Waals surface area contributed by atoms with Crippen LogP contribution in [0.3, 0.4) is 0 Å². The Labute approximate surface area is 162 Å². The van der Waals surface area contributed by atoms with Crippen LogP contribution in [0.5, 0.6) is 0 Å². The van der Waals surface area contributed by atoms with Gasteiger partial charge in [-0.15, -0.1) is 0 Å². The normalized spacial score (nSPS) is 23.4. The quantitative estimate of drug-likeness (QED) is 0.759. The highest BCUT2D eigenvalue weighted by atomic mass is 79.9. The lowest BCUT2D eigenvalue weighted by atomic mass is 9.66. The molecule has 26 heavy (non-hydrogen) atoms. The van der Waals surface area contributed by atoms with Gasteiger partial charge in [-0.05, 0) is 41.8 Å². The molecule has 0 saturated carbocycles. The molecule has 2 heterocycles. The third-order valence-electron chi connectivity index (χ3n) is 5.57. The number of hydrazone groups is 1. The molecule has 2 aromatic rings. The lowest BCUT2D eigenvalue weighted by Crippen LogP contribution is -2.62. The third-order valence-corrected chi connectivity index (χ3v) is 6.06. The summed E-state index contributed by atoms with van der Waals surface area (Å²) in [7, 11) is 0. The van der Waals surface area contributed by atoms with E-state index in [9.17, 15) is 4.79 Å². The number of carbonyl (C=O) groups excluding carboxylic acids is 1. The van der Waals surface area contributed by atoms with Gasteiger partial charge in [0.15, 0.2) is 5.54 Å². The number of para-hydroxylation sites is 1. The van der Waals surface area contributed by atoms with Gasteiger partial charge in [0.25, 0.3) is 5.91 Å². The Morgan fingerprint density at radius 1 is 1.12 bits per heavy atom. The lowest BCUT2D eigenvalue weighted by molar-refractivity contribution is -0.121. The molecule has 134 valence electrons. The molecule has 5 heteroatoms. The van der Waals surface area contributed by atoms with E-state index in [1.165, 1.54) is 0 Å². The van der Waals surface area contributed by atoms with Crippen LogP contribution >= 0.6 is 15.9 Å². The summed E-state index contributed by atoms with van der Waals surface area (Å²) in [6.07, 6.45) is 0. The fourth-order valence-corrected chi connectivity index (χ4v) is 4.56. The van der Waals surface area contributed by atoms with E-state index in [2.05, 4.69) is 55.0 Å². The Balaban J connectivity index is 1.91. The first-order chi connectivity index (χ1) is 12.3. The summed E-state index contributed by atoms with van der Waals surface area (Å²) in [4.78, 5) is 13.8. The maximum absolute atomic E-state index is 13.8. The van der Waals surface area contributed by atoms with Crippen LogP contribution in [-0.2, 0) is 10.2 Å². The second-order valence-electron chi connectivity index (χ2n) is 7.78. The van der Waals surface area contributed by atoms with Gasteiger partial charge in [-0.25, -0.2) is 0 Å². The molecule has 0 bridgehead atoms. The van der Waals surface area contributed by atoms with E-state index in [4.69, 9.17) is 5.10 Å². The highest BCUT2D eigenvalue weighted by Crippen LogP contribution is 2.52. The smallest absolute Gasteiger partial charge is 0.279 e. The summed E-state index contributed by atoms with van der Waals surface area (Å²) in [6, 6.07) is 15.8. The maximum Gasteiger partial charge on any atom is 0.279 e. The number of halogens is 1. The molecule has 1 amide bonds. The highest BCUT2D eigenvalue weighted by Gasteiger charge is 2.65. The zero-order valence-corrected chi connectivity index (χ0v) is 17.0. The molecule has 0 aromatic heterocycles. The predicted octanol–water partition coefficient (Wildman–Crippen LogP) is 4.95. The van der Waals surface area contributed by atoms with Gasteiger partial charge in [0.2, 0.25) is 0 Å². The highest BCUT2D eigenvalue weighted by molar-refractivity contribution is 9.10. The molecule has 4 nitrogen and oxygen atoms in total.